The van der Waals surface area contributed by atoms with Gasteiger partial charge in [-0.2, -0.15) is 0 Å². The molecule has 6 nitrogen and oxygen atoms in total. The molecule has 4 rings (SSSR count). The number of hydrogen-bond acceptors (Lipinski definition) is 5. The molecule has 1 atom stereocenters. The van der Waals surface area contributed by atoms with E-state index in [0.29, 0.717) is 28.9 Å². The number of likely N-dealkylation sites (tertiary alicyclic amines) is 1. The average molecular weight is 363 g/mol. The van der Waals surface area contributed by atoms with Gasteiger partial charge in [0.15, 0.2) is 0 Å². The van der Waals surface area contributed by atoms with E-state index in [-0.39, 0.29) is 23.7 Å². The van der Waals surface area contributed by atoms with Gasteiger partial charge in [-0.3, -0.25) is 9.78 Å². The number of nitrogen functional groups attached to an aromatic ring is 1. The summed E-state index contributed by atoms with van der Waals surface area (Å²) in [7, 11) is 0. The van der Waals surface area contributed by atoms with Crippen molar-refractivity contribution in [2.45, 2.75) is 18.9 Å². The molecule has 1 unspecified atom stereocenters. The third kappa shape index (κ3) is 3.36. The molecule has 2 aromatic heterocycles. The molecule has 136 valence electrons. The van der Waals surface area contributed by atoms with E-state index < -0.39 is 0 Å². The smallest absolute Gasteiger partial charge is 0.255 e. The summed E-state index contributed by atoms with van der Waals surface area (Å²) in [5, 5.41) is 0. The highest BCUT2D eigenvalue weighted by molar-refractivity contribution is 5.94. The number of halogens is 1. The third-order valence-corrected chi connectivity index (χ3v) is 4.71. The van der Waals surface area contributed by atoms with Gasteiger partial charge in [0.2, 0.25) is 5.95 Å². The van der Waals surface area contributed by atoms with Gasteiger partial charge >= 0.3 is 0 Å². The van der Waals surface area contributed by atoms with Crippen molar-refractivity contribution in [3.05, 3.63) is 72.1 Å². The zero-order valence-corrected chi connectivity index (χ0v) is 14.5. The summed E-state index contributed by atoms with van der Waals surface area (Å²) in [5.41, 5.74) is 8.33. The van der Waals surface area contributed by atoms with E-state index in [9.17, 15) is 9.18 Å². The Hall–Kier alpha value is -3.35. The van der Waals surface area contributed by atoms with E-state index in [4.69, 9.17) is 5.73 Å². The Morgan fingerprint density at radius 2 is 2.11 bits per heavy atom. The van der Waals surface area contributed by atoms with Crippen LogP contribution >= 0.6 is 0 Å². The number of aromatic nitrogens is 3. The Bertz CT molecular complexity index is 979. The van der Waals surface area contributed by atoms with Crippen molar-refractivity contribution in [1.82, 2.24) is 19.9 Å². The first-order chi connectivity index (χ1) is 13.1. The summed E-state index contributed by atoms with van der Waals surface area (Å²) in [6, 6.07) is 9.48. The Kier molecular flexibility index (Phi) is 4.50. The van der Waals surface area contributed by atoms with Crippen LogP contribution in [-0.2, 0) is 0 Å². The molecule has 0 aliphatic carbocycles. The lowest BCUT2D eigenvalue weighted by molar-refractivity contribution is 0.0733. The Morgan fingerprint density at radius 1 is 1.22 bits per heavy atom. The number of amides is 1. The standard InChI is InChI=1S/C20H18FN5O/c21-15-6-1-4-13(10-15)16-12-24-20(22)25-18(16)17-7-3-9-26(17)19(27)14-5-2-8-23-11-14/h1-2,4-6,8,10-12,17H,3,7,9H2,(H2,22,24,25). The molecule has 27 heavy (non-hydrogen) atoms. The average Bonchev–Trinajstić information content (AvgIpc) is 3.17. The van der Waals surface area contributed by atoms with Crippen LogP contribution in [0.3, 0.4) is 0 Å². The van der Waals surface area contributed by atoms with Crippen LogP contribution in [0.15, 0.2) is 55.0 Å². The van der Waals surface area contributed by atoms with E-state index >= 15 is 0 Å². The molecular formula is C20H18FN5O. The number of pyridine rings is 1. The maximum absolute atomic E-state index is 13.7. The van der Waals surface area contributed by atoms with Crippen molar-refractivity contribution in [3.8, 4) is 11.1 Å². The Labute approximate surface area is 155 Å². The van der Waals surface area contributed by atoms with E-state index in [1.165, 1.54) is 12.1 Å². The number of rotatable bonds is 3. The summed E-state index contributed by atoms with van der Waals surface area (Å²) in [4.78, 5) is 27.3. The Morgan fingerprint density at radius 3 is 2.89 bits per heavy atom. The maximum Gasteiger partial charge on any atom is 0.255 e. The third-order valence-electron chi connectivity index (χ3n) is 4.71. The molecule has 0 bridgehead atoms. The Balaban J connectivity index is 1.76. The lowest BCUT2D eigenvalue weighted by atomic mass is 9.99. The molecule has 3 heterocycles. The number of nitrogens with two attached hydrogens (primary N) is 1. The highest BCUT2D eigenvalue weighted by Crippen LogP contribution is 2.37. The molecule has 0 saturated carbocycles. The molecule has 7 heteroatoms. The monoisotopic (exact) mass is 363 g/mol. The molecule has 1 amide bonds. The quantitative estimate of drug-likeness (QED) is 0.772. The van der Waals surface area contributed by atoms with Crippen LogP contribution < -0.4 is 5.73 Å². The first-order valence-corrected chi connectivity index (χ1v) is 8.73. The fraction of sp³-hybridized carbons (Fsp3) is 0.200. The van der Waals surface area contributed by atoms with Gasteiger partial charge in [0.05, 0.1) is 17.3 Å². The van der Waals surface area contributed by atoms with Crippen LogP contribution in [0.2, 0.25) is 0 Å². The van der Waals surface area contributed by atoms with Crippen LogP contribution in [0.1, 0.15) is 34.9 Å². The van der Waals surface area contributed by atoms with Crippen molar-refractivity contribution < 1.29 is 9.18 Å². The maximum atomic E-state index is 13.7. The topological polar surface area (TPSA) is 85.0 Å². The number of carbonyl (C=O) groups is 1. The second kappa shape index (κ2) is 7.11. The van der Waals surface area contributed by atoms with Gasteiger partial charge in [-0.25, -0.2) is 14.4 Å². The van der Waals surface area contributed by atoms with E-state index in [2.05, 4.69) is 15.0 Å². The fourth-order valence-corrected chi connectivity index (χ4v) is 3.49. The molecule has 3 aromatic rings. The van der Waals surface area contributed by atoms with Crippen molar-refractivity contribution >= 4 is 11.9 Å². The van der Waals surface area contributed by atoms with Gasteiger partial charge in [-0.15, -0.1) is 0 Å². The first-order valence-electron chi connectivity index (χ1n) is 8.73. The largest absolute Gasteiger partial charge is 0.368 e. The van der Waals surface area contributed by atoms with Crippen LogP contribution in [-0.4, -0.2) is 32.3 Å². The number of anilines is 1. The summed E-state index contributed by atoms with van der Waals surface area (Å²) < 4.78 is 13.7. The van der Waals surface area contributed by atoms with Gasteiger partial charge in [0, 0.05) is 30.7 Å². The van der Waals surface area contributed by atoms with Gasteiger partial charge < -0.3 is 10.6 Å². The van der Waals surface area contributed by atoms with Crippen molar-refractivity contribution in [3.63, 3.8) is 0 Å². The molecule has 1 saturated heterocycles. The first kappa shape index (κ1) is 17.1. The number of benzene rings is 1. The zero-order valence-electron chi connectivity index (χ0n) is 14.5. The minimum Gasteiger partial charge on any atom is -0.368 e. The van der Waals surface area contributed by atoms with Crippen LogP contribution in [0.5, 0.6) is 0 Å². The van der Waals surface area contributed by atoms with Crippen LogP contribution in [0.25, 0.3) is 11.1 Å². The van der Waals surface area contributed by atoms with E-state index in [1.807, 2.05) is 0 Å². The van der Waals surface area contributed by atoms with Crippen LogP contribution in [0.4, 0.5) is 10.3 Å². The van der Waals surface area contributed by atoms with Gasteiger partial charge in [-0.1, -0.05) is 12.1 Å². The minimum atomic E-state index is -0.343. The zero-order chi connectivity index (χ0) is 18.8. The second-order valence-electron chi connectivity index (χ2n) is 6.44. The number of hydrogen-bond donors (Lipinski definition) is 1. The molecular weight excluding hydrogens is 345 g/mol. The van der Waals surface area contributed by atoms with E-state index in [1.54, 1.807) is 47.8 Å². The number of nitrogens with zero attached hydrogens (tertiary/aromatic N) is 4. The lowest BCUT2D eigenvalue weighted by Gasteiger charge is -2.26. The van der Waals surface area contributed by atoms with Crippen molar-refractivity contribution in [2.24, 2.45) is 0 Å². The SMILES string of the molecule is Nc1ncc(-c2cccc(F)c2)c(C2CCCN2C(=O)c2cccnc2)n1. The lowest BCUT2D eigenvalue weighted by Crippen LogP contribution is -2.31. The molecule has 2 N–H and O–H groups in total. The van der Waals surface area contributed by atoms with Gasteiger partial charge in [0.1, 0.15) is 5.82 Å². The molecule has 1 aliphatic heterocycles. The summed E-state index contributed by atoms with van der Waals surface area (Å²) in [5.74, 6) is -0.316. The predicted molar refractivity (Wildman–Crippen MR) is 99.1 cm³/mol. The highest BCUT2D eigenvalue weighted by Gasteiger charge is 2.33. The van der Waals surface area contributed by atoms with Crippen molar-refractivity contribution in [1.29, 1.82) is 0 Å². The molecule has 0 spiro atoms. The predicted octanol–water partition coefficient (Wildman–Crippen LogP) is 3.24. The molecule has 1 fully saturated rings. The highest BCUT2D eigenvalue weighted by atomic mass is 19.1. The number of carbonyl (C=O) groups excluding carboxylic acids is 1. The van der Waals surface area contributed by atoms with Gasteiger partial charge in [0.25, 0.3) is 5.91 Å². The van der Waals surface area contributed by atoms with E-state index in [0.717, 1.165) is 12.8 Å². The van der Waals surface area contributed by atoms with Crippen LogP contribution in [0, 0.1) is 5.82 Å². The summed E-state index contributed by atoms with van der Waals surface area (Å²) >= 11 is 0. The fourth-order valence-electron chi connectivity index (χ4n) is 3.49. The normalized spacial score (nSPS) is 16.5. The molecule has 1 aromatic carbocycles. The summed E-state index contributed by atoms with van der Waals surface area (Å²) in [6.07, 6.45) is 6.39. The molecule has 0 radical (unpaired) electrons. The second-order valence-corrected chi connectivity index (χ2v) is 6.44. The summed E-state index contributed by atoms with van der Waals surface area (Å²) in [6.45, 7) is 0.616. The molecule has 1 aliphatic rings. The van der Waals surface area contributed by atoms with Gasteiger partial charge in [-0.05, 0) is 42.7 Å². The van der Waals surface area contributed by atoms with Crippen molar-refractivity contribution in [2.75, 3.05) is 12.3 Å². The minimum absolute atomic E-state index is 0.104.